The Morgan fingerprint density at radius 3 is 3.03 bits per heavy atom. The number of urea groups is 1. The van der Waals surface area contributed by atoms with Crippen molar-refractivity contribution in [2.24, 2.45) is 9.50 Å². The Balaban J connectivity index is 1.49. The summed E-state index contributed by atoms with van der Waals surface area (Å²) in [5.41, 5.74) is 4.53. The molecule has 0 saturated heterocycles. The number of rotatable bonds is 2. The van der Waals surface area contributed by atoms with Crippen LogP contribution in [0.25, 0.3) is 0 Å². The molecule has 2 aliphatic carbocycles. The highest BCUT2D eigenvalue weighted by Gasteiger charge is 2.30. The zero-order valence-electron chi connectivity index (χ0n) is 15.8. The third-order valence-electron chi connectivity index (χ3n) is 5.75. The van der Waals surface area contributed by atoms with Crippen LogP contribution in [-0.4, -0.2) is 32.8 Å². The number of carbonyl (C=O) groups is 1. The molecule has 154 valence electrons. The minimum atomic E-state index is -3.54. The number of nitrogens with one attached hydrogen (secondary N) is 1. The quantitative estimate of drug-likeness (QED) is 0.779. The van der Waals surface area contributed by atoms with Crippen molar-refractivity contribution in [3.05, 3.63) is 34.5 Å². The number of aromatic nitrogens is 2. The number of hydrogen-bond acceptors (Lipinski definition) is 4. The lowest BCUT2D eigenvalue weighted by molar-refractivity contribution is 0.224. The van der Waals surface area contributed by atoms with Crippen molar-refractivity contribution in [3.63, 3.8) is 0 Å². The molecule has 1 aromatic carbocycles. The van der Waals surface area contributed by atoms with Gasteiger partial charge in [0.1, 0.15) is 11.1 Å². The molecule has 5 rings (SSSR count). The molecule has 3 aliphatic rings. The van der Waals surface area contributed by atoms with Crippen molar-refractivity contribution in [2.75, 3.05) is 11.9 Å². The standard InChI is InChI=1S/C19H22FN5O3S/c20-13-8-12-7-11-3-1-4-14(11)17(15(12)9-13)23-19(26)24-29(21,27)16-10-22-25-5-2-6-28-18(16)25/h7,10,13H,1-6,8-9H2,(H3,21,23,24,26,27)/t13-,29?/m1/s1. The highest BCUT2D eigenvalue weighted by Crippen LogP contribution is 2.39. The van der Waals surface area contributed by atoms with Crippen LogP contribution < -0.4 is 15.2 Å². The van der Waals surface area contributed by atoms with E-state index in [-0.39, 0.29) is 11.3 Å². The molecule has 8 nitrogen and oxygen atoms in total. The Bertz CT molecular complexity index is 1140. The van der Waals surface area contributed by atoms with Crippen LogP contribution in [0, 0.1) is 0 Å². The smallest absolute Gasteiger partial charge is 0.354 e. The fourth-order valence-corrected chi connectivity index (χ4v) is 5.50. The van der Waals surface area contributed by atoms with Gasteiger partial charge in [-0.2, -0.15) is 5.10 Å². The van der Waals surface area contributed by atoms with Crippen LogP contribution in [-0.2, 0) is 42.1 Å². The molecule has 10 heteroatoms. The van der Waals surface area contributed by atoms with Gasteiger partial charge >= 0.3 is 6.03 Å². The van der Waals surface area contributed by atoms with Gasteiger partial charge < -0.3 is 10.1 Å². The Labute approximate surface area is 167 Å². The fraction of sp³-hybridized carbons (Fsp3) is 0.474. The summed E-state index contributed by atoms with van der Waals surface area (Å²) in [4.78, 5) is 12.8. The largest absolute Gasteiger partial charge is 0.477 e. The van der Waals surface area contributed by atoms with Gasteiger partial charge in [-0.1, -0.05) is 6.07 Å². The average Bonchev–Trinajstić information content (AvgIpc) is 3.37. The molecule has 2 atom stereocenters. The zero-order chi connectivity index (χ0) is 20.2. The van der Waals surface area contributed by atoms with Crippen molar-refractivity contribution in [2.45, 2.75) is 56.1 Å². The van der Waals surface area contributed by atoms with E-state index in [1.165, 1.54) is 6.20 Å². The molecule has 1 aliphatic heterocycles. The highest BCUT2D eigenvalue weighted by molar-refractivity contribution is 7.91. The van der Waals surface area contributed by atoms with Crippen LogP contribution >= 0.6 is 0 Å². The zero-order valence-corrected chi connectivity index (χ0v) is 16.6. The summed E-state index contributed by atoms with van der Waals surface area (Å²) in [6.07, 6.45) is 4.52. The molecule has 2 aromatic rings. The number of alkyl halides is 1. The Kier molecular flexibility index (Phi) is 4.36. The third-order valence-corrected chi connectivity index (χ3v) is 7.09. The molecule has 0 fully saturated rings. The minimum Gasteiger partial charge on any atom is -0.477 e. The summed E-state index contributed by atoms with van der Waals surface area (Å²) < 4.78 is 37.9. The van der Waals surface area contributed by atoms with Crippen LogP contribution in [0.4, 0.5) is 14.9 Å². The number of carbonyl (C=O) groups excluding carboxylic acids is 1. The summed E-state index contributed by atoms with van der Waals surface area (Å²) in [5.74, 6) is 0.294. The predicted molar refractivity (Wildman–Crippen MR) is 105 cm³/mol. The molecule has 0 bridgehead atoms. The van der Waals surface area contributed by atoms with Gasteiger partial charge in [0.25, 0.3) is 0 Å². The molecule has 3 N–H and O–H groups in total. The molecule has 0 spiro atoms. The molecular weight excluding hydrogens is 397 g/mol. The molecule has 0 saturated carbocycles. The lowest BCUT2D eigenvalue weighted by Crippen LogP contribution is -2.21. The number of hydrogen-bond donors (Lipinski definition) is 2. The van der Waals surface area contributed by atoms with Crippen LogP contribution in [0.3, 0.4) is 0 Å². The fourth-order valence-electron chi connectivity index (χ4n) is 4.50. The number of fused-ring (bicyclic) bond motifs is 3. The number of aryl methyl sites for hydroxylation is 2. The molecule has 1 unspecified atom stereocenters. The average molecular weight is 419 g/mol. The summed E-state index contributed by atoms with van der Waals surface area (Å²) in [5, 5.41) is 12.8. The second-order valence-electron chi connectivity index (χ2n) is 7.72. The van der Waals surface area contributed by atoms with Crippen LogP contribution in [0.5, 0.6) is 5.88 Å². The predicted octanol–water partition coefficient (Wildman–Crippen LogP) is 2.52. The van der Waals surface area contributed by atoms with E-state index in [2.05, 4.69) is 20.8 Å². The van der Waals surface area contributed by atoms with Crippen LogP contribution in [0.2, 0.25) is 0 Å². The minimum absolute atomic E-state index is 0.111. The van der Waals surface area contributed by atoms with Crippen molar-refractivity contribution >= 4 is 21.6 Å². The number of anilines is 1. The molecule has 2 heterocycles. The first kappa shape index (κ1) is 18.6. The lowest BCUT2D eigenvalue weighted by Gasteiger charge is -2.16. The maximum Gasteiger partial charge on any atom is 0.354 e. The highest BCUT2D eigenvalue weighted by atomic mass is 32.2. The second kappa shape index (κ2) is 6.81. The maximum atomic E-state index is 14.0. The summed E-state index contributed by atoms with van der Waals surface area (Å²) in [6, 6.07) is 1.25. The first-order valence-electron chi connectivity index (χ1n) is 9.77. The monoisotopic (exact) mass is 419 g/mol. The number of amides is 2. The summed E-state index contributed by atoms with van der Waals surface area (Å²) in [6.45, 7) is 1.09. The van der Waals surface area contributed by atoms with E-state index in [4.69, 9.17) is 9.88 Å². The van der Waals surface area contributed by atoms with E-state index in [0.717, 1.165) is 47.9 Å². The van der Waals surface area contributed by atoms with Crippen molar-refractivity contribution in [1.29, 1.82) is 0 Å². The topological polar surface area (TPSA) is 112 Å². The number of nitrogens with zero attached hydrogens (tertiary/aromatic N) is 3. The Hall–Kier alpha value is -2.46. The van der Waals surface area contributed by atoms with Crippen molar-refractivity contribution < 1.29 is 18.1 Å². The number of ether oxygens (including phenoxy) is 1. The number of benzene rings is 1. The van der Waals surface area contributed by atoms with Crippen molar-refractivity contribution in [1.82, 2.24) is 9.78 Å². The molecule has 2 amide bonds. The van der Waals surface area contributed by atoms with Gasteiger partial charge in [-0.05, 0) is 41.5 Å². The van der Waals surface area contributed by atoms with Crippen LogP contribution in [0.15, 0.2) is 21.5 Å². The van der Waals surface area contributed by atoms with E-state index in [1.807, 2.05) is 0 Å². The van der Waals surface area contributed by atoms with E-state index in [9.17, 15) is 13.4 Å². The van der Waals surface area contributed by atoms with Gasteiger partial charge in [-0.25, -0.2) is 23.2 Å². The molecule has 1 aromatic heterocycles. The summed E-state index contributed by atoms with van der Waals surface area (Å²) >= 11 is 0. The van der Waals surface area contributed by atoms with E-state index in [1.54, 1.807) is 4.68 Å². The van der Waals surface area contributed by atoms with E-state index >= 15 is 0 Å². The third kappa shape index (κ3) is 3.20. The van der Waals surface area contributed by atoms with Crippen molar-refractivity contribution in [3.8, 4) is 5.88 Å². The van der Waals surface area contributed by atoms with E-state index in [0.29, 0.717) is 31.1 Å². The Morgan fingerprint density at radius 1 is 1.31 bits per heavy atom. The Morgan fingerprint density at radius 2 is 2.17 bits per heavy atom. The first-order valence-corrected chi connectivity index (χ1v) is 11.4. The maximum absolute atomic E-state index is 14.0. The van der Waals surface area contributed by atoms with Gasteiger partial charge in [0.05, 0.1) is 12.8 Å². The molecule has 0 radical (unpaired) electrons. The van der Waals surface area contributed by atoms with E-state index < -0.39 is 22.1 Å². The lowest BCUT2D eigenvalue weighted by atomic mass is 9.99. The van der Waals surface area contributed by atoms with Gasteiger partial charge in [0.2, 0.25) is 5.88 Å². The van der Waals surface area contributed by atoms with Gasteiger partial charge in [-0.15, -0.1) is 4.36 Å². The molecule has 29 heavy (non-hydrogen) atoms. The SMILES string of the molecule is NS(=O)(=NC(=O)Nc1c2c(cc3c1C[C@H](F)C3)CCC2)c1cnn2c1OCCC2. The van der Waals surface area contributed by atoms with Gasteiger partial charge in [0.15, 0.2) is 9.92 Å². The number of halogens is 1. The van der Waals surface area contributed by atoms with Gasteiger partial charge in [-0.3, -0.25) is 0 Å². The molecular formula is C19H22FN5O3S. The summed E-state index contributed by atoms with van der Waals surface area (Å²) in [7, 11) is -3.54. The second-order valence-corrected chi connectivity index (χ2v) is 9.47. The van der Waals surface area contributed by atoms with Gasteiger partial charge in [0, 0.05) is 31.5 Å². The number of nitrogens with two attached hydrogens (primary N) is 1. The van der Waals surface area contributed by atoms with Crippen LogP contribution in [0.1, 0.15) is 35.1 Å². The first-order chi connectivity index (χ1) is 13.9. The normalized spacial score (nSPS) is 21.5.